The van der Waals surface area contributed by atoms with Gasteiger partial charge in [-0.15, -0.1) is 0 Å². The first-order valence-corrected chi connectivity index (χ1v) is 11.7. The Labute approximate surface area is 191 Å². The van der Waals surface area contributed by atoms with Crippen LogP contribution in [0, 0.1) is 18.7 Å². The van der Waals surface area contributed by atoms with Crippen molar-refractivity contribution in [1.29, 1.82) is 0 Å². The summed E-state index contributed by atoms with van der Waals surface area (Å²) in [5.74, 6) is 0.452. The molecule has 1 aromatic heterocycles. The minimum Gasteiger partial charge on any atom is -0.299 e. The molecule has 1 atom stereocenters. The fourth-order valence-electron chi connectivity index (χ4n) is 5.10. The van der Waals surface area contributed by atoms with E-state index in [4.69, 9.17) is 0 Å². The van der Waals surface area contributed by atoms with E-state index in [9.17, 15) is 4.39 Å². The first-order chi connectivity index (χ1) is 15.5. The molecule has 0 spiro atoms. The summed E-state index contributed by atoms with van der Waals surface area (Å²) in [5, 5.41) is 4.51. The molecule has 1 fully saturated rings. The van der Waals surface area contributed by atoms with Gasteiger partial charge in [0, 0.05) is 37.9 Å². The Morgan fingerprint density at radius 1 is 1.03 bits per heavy atom. The molecule has 0 radical (unpaired) electrons. The van der Waals surface area contributed by atoms with E-state index in [1.165, 1.54) is 11.1 Å². The highest BCUT2D eigenvalue weighted by atomic mass is 19.1. The highest BCUT2D eigenvalue weighted by Gasteiger charge is 2.30. The van der Waals surface area contributed by atoms with Crippen LogP contribution in [0.5, 0.6) is 0 Å². The van der Waals surface area contributed by atoms with Crippen molar-refractivity contribution in [1.82, 2.24) is 19.6 Å². The van der Waals surface area contributed by atoms with Crippen LogP contribution in [-0.2, 0) is 26.6 Å². The molecule has 32 heavy (non-hydrogen) atoms. The van der Waals surface area contributed by atoms with Gasteiger partial charge in [0.05, 0.1) is 5.69 Å². The quantitative estimate of drug-likeness (QED) is 0.508. The molecule has 1 saturated heterocycles. The van der Waals surface area contributed by atoms with E-state index in [2.05, 4.69) is 65.4 Å². The number of likely N-dealkylation sites (N-methyl/N-ethyl adjacent to an activating group) is 1. The van der Waals surface area contributed by atoms with Crippen molar-refractivity contribution >= 4 is 0 Å². The second kappa shape index (κ2) is 10.4. The Bertz CT molecular complexity index is 992. The van der Waals surface area contributed by atoms with Crippen LogP contribution in [0.1, 0.15) is 35.2 Å². The van der Waals surface area contributed by atoms with E-state index in [1.54, 1.807) is 12.1 Å². The Hall–Kier alpha value is -2.50. The molecule has 3 aromatic rings. The van der Waals surface area contributed by atoms with Gasteiger partial charge in [-0.25, -0.2) is 4.39 Å². The van der Waals surface area contributed by atoms with Gasteiger partial charge >= 0.3 is 0 Å². The smallest absolute Gasteiger partial charge is 0.126 e. The second-order valence-corrected chi connectivity index (χ2v) is 9.29. The summed E-state index contributed by atoms with van der Waals surface area (Å²) in [7, 11) is 4.16. The molecular formula is C27H35FN4. The molecule has 0 N–H and O–H groups in total. The average Bonchev–Trinajstić information content (AvgIpc) is 3.11. The van der Waals surface area contributed by atoms with E-state index >= 15 is 0 Å². The molecule has 1 aliphatic rings. The number of hydrogen-bond acceptors (Lipinski definition) is 3. The summed E-state index contributed by atoms with van der Waals surface area (Å²) in [5.41, 5.74) is 4.51. The van der Waals surface area contributed by atoms with Crippen molar-refractivity contribution in [2.75, 3.05) is 20.1 Å². The third kappa shape index (κ3) is 5.64. The summed E-state index contributed by atoms with van der Waals surface area (Å²) >= 11 is 0. The monoisotopic (exact) mass is 434 g/mol. The van der Waals surface area contributed by atoms with E-state index in [-0.39, 0.29) is 5.82 Å². The Kier molecular flexibility index (Phi) is 7.38. The fourth-order valence-corrected chi connectivity index (χ4v) is 5.10. The number of benzene rings is 2. The van der Waals surface area contributed by atoms with Crippen molar-refractivity contribution in [2.24, 2.45) is 13.0 Å². The Morgan fingerprint density at radius 2 is 1.72 bits per heavy atom. The van der Waals surface area contributed by atoms with E-state index in [1.807, 2.05) is 23.9 Å². The second-order valence-electron chi connectivity index (χ2n) is 9.29. The van der Waals surface area contributed by atoms with Gasteiger partial charge in [0.1, 0.15) is 5.82 Å². The molecule has 1 aliphatic heterocycles. The SMILES string of the molecule is Cc1nn(C)cc1CN(C)[C@@H](Cc1ccccc1F)C1CCN(Cc2ccccc2)CC1. The predicted molar refractivity (Wildman–Crippen MR) is 128 cm³/mol. The lowest BCUT2D eigenvalue weighted by atomic mass is 9.84. The van der Waals surface area contributed by atoms with Crippen LogP contribution in [0.4, 0.5) is 4.39 Å². The van der Waals surface area contributed by atoms with Crippen LogP contribution >= 0.6 is 0 Å². The molecule has 0 bridgehead atoms. The maximum atomic E-state index is 14.5. The normalized spacial score (nSPS) is 16.5. The van der Waals surface area contributed by atoms with E-state index < -0.39 is 0 Å². The predicted octanol–water partition coefficient (Wildman–Crippen LogP) is 4.82. The number of hydrogen-bond donors (Lipinski definition) is 0. The van der Waals surface area contributed by atoms with Crippen molar-refractivity contribution in [2.45, 2.75) is 45.3 Å². The van der Waals surface area contributed by atoms with Gasteiger partial charge < -0.3 is 0 Å². The highest BCUT2D eigenvalue weighted by molar-refractivity contribution is 5.20. The summed E-state index contributed by atoms with van der Waals surface area (Å²) < 4.78 is 16.4. The van der Waals surface area contributed by atoms with Gasteiger partial charge in [0.15, 0.2) is 0 Å². The van der Waals surface area contributed by atoms with E-state index in [0.717, 1.165) is 56.7 Å². The van der Waals surface area contributed by atoms with Gasteiger partial charge in [-0.3, -0.25) is 14.5 Å². The largest absolute Gasteiger partial charge is 0.299 e. The van der Waals surface area contributed by atoms with Gasteiger partial charge in [0.25, 0.3) is 0 Å². The minimum absolute atomic E-state index is 0.0926. The molecule has 2 aromatic carbocycles. The third-order valence-corrected chi connectivity index (χ3v) is 6.91. The maximum absolute atomic E-state index is 14.5. The van der Waals surface area contributed by atoms with Crippen molar-refractivity contribution in [3.63, 3.8) is 0 Å². The lowest BCUT2D eigenvalue weighted by Crippen LogP contribution is -2.45. The number of aromatic nitrogens is 2. The third-order valence-electron chi connectivity index (χ3n) is 6.91. The molecule has 0 aliphatic carbocycles. The molecule has 0 saturated carbocycles. The van der Waals surface area contributed by atoms with Crippen LogP contribution < -0.4 is 0 Å². The zero-order valence-electron chi connectivity index (χ0n) is 19.5. The fraction of sp³-hybridized carbons (Fsp3) is 0.444. The highest BCUT2D eigenvalue weighted by Crippen LogP contribution is 2.29. The molecule has 0 amide bonds. The molecule has 2 heterocycles. The first kappa shape index (κ1) is 22.7. The van der Waals surface area contributed by atoms with E-state index in [0.29, 0.717) is 12.0 Å². The number of likely N-dealkylation sites (tertiary alicyclic amines) is 1. The van der Waals surface area contributed by atoms with Gasteiger partial charge in [-0.2, -0.15) is 5.10 Å². The molecule has 170 valence electrons. The summed E-state index contributed by atoms with van der Waals surface area (Å²) in [6, 6.07) is 18.3. The average molecular weight is 435 g/mol. The van der Waals surface area contributed by atoms with Crippen LogP contribution in [0.2, 0.25) is 0 Å². The number of aryl methyl sites for hydroxylation is 2. The number of rotatable bonds is 8. The topological polar surface area (TPSA) is 24.3 Å². The number of piperidine rings is 1. The zero-order valence-corrected chi connectivity index (χ0v) is 19.5. The molecule has 4 rings (SSSR count). The van der Waals surface area contributed by atoms with Gasteiger partial charge in [-0.1, -0.05) is 48.5 Å². The van der Waals surface area contributed by atoms with Crippen molar-refractivity contribution in [3.05, 3.63) is 89.0 Å². The summed E-state index contributed by atoms with van der Waals surface area (Å²) in [4.78, 5) is 4.98. The molecule has 4 nitrogen and oxygen atoms in total. The standard InChI is InChI=1S/C27H35FN4/c1-21-25(20-31(3)29-21)19-30(2)27(17-24-11-7-8-12-26(24)28)23-13-15-32(16-14-23)18-22-9-5-4-6-10-22/h4-12,20,23,27H,13-19H2,1-3H3/t27-/m0/s1. The zero-order chi connectivity index (χ0) is 22.5. The molecule has 5 heteroatoms. The molecular weight excluding hydrogens is 399 g/mol. The van der Waals surface area contributed by atoms with Gasteiger partial charge in [0.2, 0.25) is 0 Å². The van der Waals surface area contributed by atoms with Crippen molar-refractivity contribution < 1.29 is 4.39 Å². The van der Waals surface area contributed by atoms with Crippen LogP contribution in [0.15, 0.2) is 60.8 Å². The summed E-state index contributed by atoms with van der Waals surface area (Å²) in [6.07, 6.45) is 5.13. The van der Waals surface area contributed by atoms with Crippen LogP contribution in [-0.4, -0.2) is 45.8 Å². The van der Waals surface area contributed by atoms with Crippen LogP contribution in [0.3, 0.4) is 0 Å². The number of halogens is 1. The Balaban J connectivity index is 1.46. The minimum atomic E-state index is -0.0926. The van der Waals surface area contributed by atoms with Crippen LogP contribution in [0.25, 0.3) is 0 Å². The lowest BCUT2D eigenvalue weighted by Gasteiger charge is -2.40. The Morgan fingerprint density at radius 3 is 2.38 bits per heavy atom. The van der Waals surface area contributed by atoms with Gasteiger partial charge in [-0.05, 0) is 69.4 Å². The first-order valence-electron chi connectivity index (χ1n) is 11.7. The molecule has 0 unspecified atom stereocenters. The van der Waals surface area contributed by atoms with Crippen molar-refractivity contribution in [3.8, 4) is 0 Å². The lowest BCUT2D eigenvalue weighted by molar-refractivity contribution is 0.0948. The maximum Gasteiger partial charge on any atom is 0.126 e. The number of nitrogens with zero attached hydrogens (tertiary/aromatic N) is 4. The summed E-state index contributed by atoms with van der Waals surface area (Å²) in [6.45, 7) is 6.09.